The molecule has 0 aliphatic carbocycles. The van der Waals surface area contributed by atoms with E-state index < -0.39 is 0 Å². The molecule has 7 aromatic carbocycles. The Bertz CT molecular complexity index is 3140. The molecule has 12 rings (SSSR count). The van der Waals surface area contributed by atoms with Gasteiger partial charge in [-0.3, -0.25) is 14.1 Å². The second kappa shape index (κ2) is 8.88. The highest BCUT2D eigenvalue weighted by atomic mass is 16.3. The fourth-order valence-electron chi connectivity index (χ4n) is 8.92. The third kappa shape index (κ3) is 3.05. The van der Waals surface area contributed by atoms with Crippen LogP contribution in [0.5, 0.6) is 0 Å². The van der Waals surface area contributed by atoms with Gasteiger partial charge in [0.25, 0.3) is 5.56 Å². The smallest absolute Gasteiger partial charge is 0.357 e. The van der Waals surface area contributed by atoms with Crippen LogP contribution >= 0.6 is 0 Å². The Hall–Kier alpha value is -6.53. The zero-order valence-electron chi connectivity index (χ0n) is 26.1. The number of rotatable bonds is 2. The molecule has 0 atom stereocenters. The third-order valence-electron chi connectivity index (χ3n) is 10.9. The fraction of sp³-hybridized carbons (Fsp3) is 0. The van der Waals surface area contributed by atoms with Gasteiger partial charge in [-0.1, -0.05) is 115 Å². The standard InChI is InChI=1S/C43H24BN3O2/c48-43-39-27(25-11-2-1-3-12-25)15-10-21-35(39)46-37-24-26(28-16-8-18-32-30-14-5-7-22-38(30)49-42(28)32)23-36-40(37)44(47(43)46)33-19-9-17-31-29-13-4-6-20-34(29)45(36)41(31)33/h1-24H. The van der Waals surface area contributed by atoms with Crippen molar-refractivity contribution in [3.05, 3.63) is 156 Å². The first-order valence-corrected chi connectivity index (χ1v) is 16.7. The Morgan fingerprint density at radius 2 is 1.24 bits per heavy atom. The molecule has 2 aliphatic heterocycles. The highest BCUT2D eigenvalue weighted by Crippen LogP contribution is 2.41. The van der Waals surface area contributed by atoms with Crippen molar-refractivity contribution in [2.24, 2.45) is 0 Å². The van der Waals surface area contributed by atoms with Gasteiger partial charge in [0.1, 0.15) is 11.2 Å². The van der Waals surface area contributed by atoms with Crippen molar-refractivity contribution in [2.45, 2.75) is 0 Å². The monoisotopic (exact) mass is 625 g/mol. The molecule has 226 valence electrons. The lowest BCUT2D eigenvalue weighted by atomic mass is 9.49. The molecule has 5 nitrogen and oxygen atoms in total. The zero-order valence-corrected chi connectivity index (χ0v) is 26.1. The Morgan fingerprint density at radius 3 is 2.16 bits per heavy atom. The van der Waals surface area contributed by atoms with Gasteiger partial charge in [0.15, 0.2) is 0 Å². The van der Waals surface area contributed by atoms with Gasteiger partial charge in [0.2, 0.25) is 0 Å². The van der Waals surface area contributed by atoms with E-state index in [9.17, 15) is 4.79 Å². The molecule has 0 amide bonds. The largest absolute Gasteiger partial charge is 0.455 e. The summed E-state index contributed by atoms with van der Waals surface area (Å²) in [5.74, 6) is 0. The molecule has 0 unspecified atom stereocenters. The van der Waals surface area contributed by atoms with E-state index in [-0.39, 0.29) is 12.4 Å². The summed E-state index contributed by atoms with van der Waals surface area (Å²) in [4.78, 5) is 14.9. The molecule has 0 saturated carbocycles. The summed E-state index contributed by atoms with van der Waals surface area (Å²) >= 11 is 0. The molecule has 0 radical (unpaired) electrons. The van der Waals surface area contributed by atoms with Crippen LogP contribution in [0.15, 0.2) is 155 Å². The Balaban J connectivity index is 1.26. The number of para-hydroxylation sites is 4. The minimum absolute atomic E-state index is 0.0177. The van der Waals surface area contributed by atoms with Gasteiger partial charge < -0.3 is 8.98 Å². The summed E-state index contributed by atoms with van der Waals surface area (Å²) in [7, 11) is 0. The van der Waals surface area contributed by atoms with Crippen LogP contribution in [0, 0.1) is 0 Å². The first-order chi connectivity index (χ1) is 24.3. The van der Waals surface area contributed by atoms with Crippen LogP contribution in [0.3, 0.4) is 0 Å². The number of fused-ring (bicyclic) bond motifs is 13. The van der Waals surface area contributed by atoms with E-state index in [0.29, 0.717) is 0 Å². The average Bonchev–Trinajstić information content (AvgIpc) is 3.89. The van der Waals surface area contributed by atoms with Gasteiger partial charge in [0.05, 0.1) is 27.6 Å². The molecular formula is C43H24BN3O2. The maximum Gasteiger partial charge on any atom is 0.357 e. The molecule has 3 aromatic heterocycles. The highest BCUT2D eigenvalue weighted by Gasteiger charge is 2.44. The molecule has 0 saturated heterocycles. The number of nitrogens with zero attached hydrogens (tertiary/aromatic N) is 3. The maximum absolute atomic E-state index is 14.9. The van der Waals surface area contributed by atoms with Crippen molar-refractivity contribution in [1.82, 2.24) is 13.8 Å². The minimum atomic E-state index is -0.273. The van der Waals surface area contributed by atoms with Crippen molar-refractivity contribution in [1.29, 1.82) is 0 Å². The number of hydrogen-bond acceptors (Lipinski definition) is 2. The van der Waals surface area contributed by atoms with Gasteiger partial charge in [-0.2, -0.15) is 0 Å². The normalized spacial score (nSPS) is 12.9. The van der Waals surface area contributed by atoms with Gasteiger partial charge >= 0.3 is 6.85 Å². The predicted molar refractivity (Wildman–Crippen MR) is 200 cm³/mol. The lowest BCUT2D eigenvalue weighted by molar-refractivity contribution is 0.670. The summed E-state index contributed by atoms with van der Waals surface area (Å²) in [6, 6.07) is 50.9. The number of aromatic nitrogens is 3. The van der Waals surface area contributed by atoms with Gasteiger partial charge in [-0.25, -0.2) is 0 Å². The quantitative estimate of drug-likeness (QED) is 0.181. The molecule has 0 fully saturated rings. The van der Waals surface area contributed by atoms with E-state index in [2.05, 4.69) is 125 Å². The molecule has 49 heavy (non-hydrogen) atoms. The molecule has 2 aliphatic rings. The molecule has 6 heteroatoms. The summed E-state index contributed by atoms with van der Waals surface area (Å²) < 4.78 is 13.2. The van der Waals surface area contributed by atoms with Crippen LogP contribution in [-0.4, -0.2) is 20.7 Å². The van der Waals surface area contributed by atoms with E-state index >= 15 is 0 Å². The van der Waals surface area contributed by atoms with Crippen LogP contribution in [0.2, 0.25) is 0 Å². The highest BCUT2D eigenvalue weighted by molar-refractivity contribution is 6.88. The summed E-state index contributed by atoms with van der Waals surface area (Å²) in [5, 5.41) is 5.33. The van der Waals surface area contributed by atoms with Gasteiger partial charge in [0, 0.05) is 38.3 Å². The van der Waals surface area contributed by atoms with Crippen molar-refractivity contribution < 1.29 is 4.42 Å². The van der Waals surface area contributed by atoms with E-state index in [1.54, 1.807) is 0 Å². The van der Waals surface area contributed by atoms with Crippen LogP contribution in [-0.2, 0) is 0 Å². The summed E-state index contributed by atoms with van der Waals surface area (Å²) in [6.07, 6.45) is 0. The number of benzene rings is 7. The topological polar surface area (TPSA) is 45.0 Å². The van der Waals surface area contributed by atoms with Gasteiger partial charge in [-0.05, 0) is 52.5 Å². The maximum atomic E-state index is 14.9. The van der Waals surface area contributed by atoms with Crippen molar-refractivity contribution in [3.63, 3.8) is 0 Å². The van der Waals surface area contributed by atoms with Gasteiger partial charge in [-0.15, -0.1) is 0 Å². The second-order valence-electron chi connectivity index (χ2n) is 13.2. The number of furan rings is 1. The zero-order chi connectivity index (χ0) is 32.0. The van der Waals surface area contributed by atoms with Crippen LogP contribution in [0.1, 0.15) is 0 Å². The van der Waals surface area contributed by atoms with E-state index in [1.165, 1.54) is 10.8 Å². The second-order valence-corrected chi connectivity index (χ2v) is 13.2. The van der Waals surface area contributed by atoms with Crippen molar-refractivity contribution in [3.8, 4) is 33.6 Å². The van der Waals surface area contributed by atoms with E-state index in [0.717, 1.165) is 88.4 Å². The summed E-state index contributed by atoms with van der Waals surface area (Å²) in [6.45, 7) is -0.273. The molecule has 10 aromatic rings. The van der Waals surface area contributed by atoms with Crippen molar-refractivity contribution in [2.75, 3.05) is 0 Å². The minimum Gasteiger partial charge on any atom is -0.455 e. The third-order valence-corrected chi connectivity index (χ3v) is 10.9. The number of hydrogen-bond donors (Lipinski definition) is 0. The van der Waals surface area contributed by atoms with Crippen LogP contribution in [0.25, 0.3) is 88.3 Å². The molecule has 5 heterocycles. The van der Waals surface area contributed by atoms with Crippen molar-refractivity contribution >= 4 is 72.4 Å². The predicted octanol–water partition coefficient (Wildman–Crippen LogP) is 8.40. The first-order valence-electron chi connectivity index (χ1n) is 16.7. The molecule has 0 N–H and O–H groups in total. The van der Waals surface area contributed by atoms with E-state index in [4.69, 9.17) is 4.42 Å². The lowest BCUT2D eigenvalue weighted by Gasteiger charge is -2.24. The first kappa shape index (κ1) is 25.6. The summed E-state index contributed by atoms with van der Waals surface area (Å²) in [5.41, 5.74) is 13.4. The molecule has 0 spiro atoms. The van der Waals surface area contributed by atoms with Crippen LogP contribution in [0.4, 0.5) is 0 Å². The Kier molecular flexibility index (Phi) is 4.63. The molecular weight excluding hydrogens is 601 g/mol. The molecule has 0 bridgehead atoms. The SMILES string of the molecule is O=c1c2c(-c3ccccc3)cccc2n2n1B1c3c(cc(-c4cccc5c4oc4ccccc45)cc3-2)-n2c3ccccc3c3cccc1c32. The fourth-order valence-corrected chi connectivity index (χ4v) is 8.92. The average molecular weight is 625 g/mol. The van der Waals surface area contributed by atoms with E-state index in [1.807, 2.05) is 34.9 Å². The Morgan fingerprint density at radius 1 is 0.551 bits per heavy atom. The Labute approximate surface area is 279 Å². The lowest BCUT2D eigenvalue weighted by Crippen LogP contribution is -2.53. The van der Waals surface area contributed by atoms with Crippen LogP contribution < -0.4 is 16.5 Å².